The van der Waals surface area contributed by atoms with Crippen LogP contribution in [0.2, 0.25) is 0 Å². The van der Waals surface area contributed by atoms with Crippen LogP contribution in [0.1, 0.15) is 25.7 Å². The van der Waals surface area contributed by atoms with Crippen LogP contribution < -0.4 is 0 Å². The van der Waals surface area contributed by atoms with Crippen LogP contribution in [0.25, 0.3) is 0 Å². The predicted molar refractivity (Wildman–Crippen MR) is 27.1 cm³/mol. The van der Waals surface area contributed by atoms with E-state index >= 15 is 0 Å². The van der Waals surface area contributed by atoms with E-state index in [0.717, 1.165) is 0 Å². The Balaban J connectivity index is 1.99. The summed E-state index contributed by atoms with van der Waals surface area (Å²) in [5.41, 5.74) is 0. The molecule has 0 aromatic carbocycles. The lowest BCUT2D eigenvalue weighted by Gasteiger charge is -2.41. The first-order valence-corrected chi connectivity index (χ1v) is 3.10. The third kappa shape index (κ3) is 0.480. The fourth-order valence-electron chi connectivity index (χ4n) is 1.50. The number of hydrogen-bond acceptors (Lipinski definition) is 1. The van der Waals surface area contributed by atoms with Gasteiger partial charge in [-0.2, -0.15) is 0 Å². The molecule has 2 aliphatic heterocycles. The van der Waals surface area contributed by atoms with Gasteiger partial charge in [0.2, 0.25) is 0 Å². The van der Waals surface area contributed by atoms with Gasteiger partial charge in [0.05, 0.1) is 12.2 Å². The Morgan fingerprint density at radius 2 is 1.71 bits per heavy atom. The molecule has 0 spiro atoms. The molecule has 1 aliphatic carbocycles. The molecule has 0 unspecified atom stereocenters. The number of rotatable bonds is 0. The monoisotopic (exact) mass is 98.1 g/mol. The summed E-state index contributed by atoms with van der Waals surface area (Å²) in [6, 6.07) is 0. The second-order valence-corrected chi connectivity index (χ2v) is 2.55. The molecular weight excluding hydrogens is 88.1 g/mol. The van der Waals surface area contributed by atoms with Gasteiger partial charge in [0.25, 0.3) is 0 Å². The van der Waals surface area contributed by atoms with Crippen molar-refractivity contribution in [3.05, 3.63) is 0 Å². The average Bonchev–Trinajstić information content (AvgIpc) is 1.67. The normalized spacial score (nSPS) is 48.0. The summed E-state index contributed by atoms with van der Waals surface area (Å²) in [5, 5.41) is 0. The molecule has 0 aromatic heterocycles. The molecule has 2 heterocycles. The summed E-state index contributed by atoms with van der Waals surface area (Å²) in [6.07, 6.45) is 6.79. The van der Waals surface area contributed by atoms with Gasteiger partial charge in [-0.1, -0.05) is 0 Å². The molecule has 1 nitrogen and oxygen atoms in total. The Kier molecular flexibility index (Phi) is 0.680. The van der Waals surface area contributed by atoms with Gasteiger partial charge in [-0.3, -0.25) is 0 Å². The van der Waals surface area contributed by atoms with Crippen LogP contribution in [0, 0.1) is 0 Å². The van der Waals surface area contributed by atoms with E-state index in [4.69, 9.17) is 4.74 Å². The molecule has 0 N–H and O–H groups in total. The summed E-state index contributed by atoms with van der Waals surface area (Å²) in [7, 11) is 0. The fraction of sp³-hybridized carbons (Fsp3) is 1.00. The molecule has 1 heteroatoms. The van der Waals surface area contributed by atoms with Gasteiger partial charge in [0, 0.05) is 0 Å². The summed E-state index contributed by atoms with van der Waals surface area (Å²) >= 11 is 0. The van der Waals surface area contributed by atoms with E-state index in [1.807, 2.05) is 0 Å². The molecule has 3 rings (SSSR count). The van der Waals surface area contributed by atoms with E-state index in [1.54, 1.807) is 0 Å². The number of hydrogen-bond donors (Lipinski definition) is 0. The highest BCUT2D eigenvalue weighted by Crippen LogP contribution is 2.33. The van der Waals surface area contributed by atoms with E-state index in [-0.39, 0.29) is 0 Å². The largest absolute Gasteiger partial charge is 0.375 e. The van der Waals surface area contributed by atoms with Crippen molar-refractivity contribution in [3.8, 4) is 0 Å². The highest BCUT2D eigenvalue weighted by molar-refractivity contribution is 4.82. The molecule has 40 valence electrons. The van der Waals surface area contributed by atoms with Gasteiger partial charge in [0.1, 0.15) is 0 Å². The van der Waals surface area contributed by atoms with Gasteiger partial charge in [0.15, 0.2) is 0 Å². The third-order valence-electron chi connectivity index (χ3n) is 1.96. The third-order valence-corrected chi connectivity index (χ3v) is 1.96. The summed E-state index contributed by atoms with van der Waals surface area (Å²) in [4.78, 5) is 0. The smallest absolute Gasteiger partial charge is 0.0603 e. The van der Waals surface area contributed by atoms with Crippen molar-refractivity contribution in [2.75, 3.05) is 0 Å². The molecule has 1 saturated carbocycles. The molecule has 2 saturated heterocycles. The van der Waals surface area contributed by atoms with Crippen molar-refractivity contribution in [2.45, 2.75) is 37.9 Å². The van der Waals surface area contributed by atoms with Crippen LogP contribution in [0.3, 0.4) is 0 Å². The first-order valence-electron chi connectivity index (χ1n) is 3.10. The zero-order valence-corrected chi connectivity index (χ0v) is 4.39. The molecular formula is C6H10O. The average molecular weight is 98.1 g/mol. The van der Waals surface area contributed by atoms with Gasteiger partial charge in [-0.05, 0) is 25.7 Å². The second kappa shape index (κ2) is 1.22. The molecule has 2 atom stereocenters. The lowest BCUT2D eigenvalue weighted by Crippen LogP contribution is -2.41. The fourth-order valence-corrected chi connectivity index (χ4v) is 1.50. The molecule has 2 bridgehead atoms. The Hall–Kier alpha value is -0.0400. The Morgan fingerprint density at radius 1 is 1.14 bits per heavy atom. The Bertz CT molecular complexity index is 60.7. The van der Waals surface area contributed by atoms with Crippen LogP contribution >= 0.6 is 0 Å². The Labute approximate surface area is 43.7 Å². The van der Waals surface area contributed by atoms with Crippen molar-refractivity contribution >= 4 is 0 Å². The van der Waals surface area contributed by atoms with Gasteiger partial charge in [-0.15, -0.1) is 0 Å². The second-order valence-electron chi connectivity index (χ2n) is 2.55. The maximum atomic E-state index is 5.38. The molecule has 0 radical (unpaired) electrons. The Morgan fingerprint density at radius 3 is 1.86 bits per heavy atom. The summed E-state index contributed by atoms with van der Waals surface area (Å²) in [6.45, 7) is 0. The highest BCUT2D eigenvalue weighted by atomic mass is 16.5. The first-order chi connectivity index (χ1) is 3.45. The van der Waals surface area contributed by atoms with Crippen LogP contribution in [0.15, 0.2) is 0 Å². The van der Waals surface area contributed by atoms with E-state index in [0.29, 0.717) is 12.2 Å². The van der Waals surface area contributed by atoms with Crippen LogP contribution in [0.4, 0.5) is 0 Å². The minimum Gasteiger partial charge on any atom is -0.375 e. The van der Waals surface area contributed by atoms with Crippen molar-refractivity contribution in [1.82, 2.24) is 0 Å². The van der Waals surface area contributed by atoms with E-state index in [2.05, 4.69) is 0 Å². The van der Waals surface area contributed by atoms with Crippen molar-refractivity contribution < 1.29 is 4.74 Å². The highest BCUT2D eigenvalue weighted by Gasteiger charge is 2.33. The van der Waals surface area contributed by atoms with Crippen molar-refractivity contribution in [1.29, 1.82) is 0 Å². The topological polar surface area (TPSA) is 9.23 Å². The molecule has 0 aromatic rings. The zero-order chi connectivity index (χ0) is 4.69. The van der Waals surface area contributed by atoms with Gasteiger partial charge < -0.3 is 4.74 Å². The lowest BCUT2D eigenvalue weighted by atomic mass is 9.89. The van der Waals surface area contributed by atoms with Crippen molar-refractivity contribution in [3.63, 3.8) is 0 Å². The minimum absolute atomic E-state index is 0.679. The van der Waals surface area contributed by atoms with Gasteiger partial charge in [-0.25, -0.2) is 0 Å². The summed E-state index contributed by atoms with van der Waals surface area (Å²) in [5.74, 6) is 0. The van der Waals surface area contributed by atoms with Crippen LogP contribution in [0.5, 0.6) is 0 Å². The first kappa shape index (κ1) is 3.90. The number of fused-ring (bicyclic) bond motifs is 2. The maximum Gasteiger partial charge on any atom is 0.0603 e. The van der Waals surface area contributed by atoms with Crippen LogP contribution in [-0.2, 0) is 4.74 Å². The van der Waals surface area contributed by atoms with Crippen LogP contribution in [-0.4, -0.2) is 12.2 Å². The number of ether oxygens (including phenoxy) is 1. The van der Waals surface area contributed by atoms with Gasteiger partial charge >= 0.3 is 0 Å². The molecule has 7 heavy (non-hydrogen) atoms. The summed E-state index contributed by atoms with van der Waals surface area (Å²) < 4.78 is 5.38. The van der Waals surface area contributed by atoms with Crippen molar-refractivity contribution in [2.24, 2.45) is 0 Å². The standard InChI is InChI=1S/C6H10O/c1-2-5-4-6(3-1)7-5/h5-6H,1-4H2/t5-,6-/m0/s1. The van der Waals surface area contributed by atoms with E-state index in [1.165, 1.54) is 25.7 Å². The maximum absolute atomic E-state index is 5.38. The minimum atomic E-state index is 0.679. The quantitative estimate of drug-likeness (QED) is 0.444. The molecule has 0 amide bonds. The molecule has 3 fully saturated rings. The SMILES string of the molecule is C1C[C@H]2C[C@H](C1)O2. The lowest BCUT2D eigenvalue weighted by molar-refractivity contribution is -0.155. The van der Waals surface area contributed by atoms with E-state index in [9.17, 15) is 0 Å². The zero-order valence-electron chi connectivity index (χ0n) is 4.39. The predicted octanol–water partition coefficient (Wildman–Crippen LogP) is 1.33. The van der Waals surface area contributed by atoms with E-state index < -0.39 is 0 Å². The molecule has 3 aliphatic rings.